The molecule has 3 aromatic carbocycles. The van der Waals surface area contributed by atoms with Crippen molar-refractivity contribution in [2.24, 2.45) is 5.16 Å². The lowest BCUT2D eigenvalue weighted by Crippen LogP contribution is -2.01. The van der Waals surface area contributed by atoms with Gasteiger partial charge in [0.05, 0.1) is 12.4 Å². The molecule has 7 heteroatoms. The van der Waals surface area contributed by atoms with Gasteiger partial charge in [-0.2, -0.15) is 0 Å². The number of aromatic amines is 2. The Morgan fingerprint density at radius 2 is 1.91 bits per heavy atom. The zero-order chi connectivity index (χ0) is 21.9. The van der Waals surface area contributed by atoms with Crippen molar-refractivity contribution in [2.45, 2.75) is 0 Å². The van der Waals surface area contributed by atoms with Gasteiger partial charge in [0.15, 0.2) is 0 Å². The van der Waals surface area contributed by atoms with E-state index in [0.717, 1.165) is 16.5 Å². The van der Waals surface area contributed by atoms with Crippen molar-refractivity contribution >= 4 is 22.9 Å². The maximum Gasteiger partial charge on any atom is 0.210 e. The van der Waals surface area contributed by atoms with Crippen LogP contribution in [0.2, 0.25) is 0 Å². The second-order valence-corrected chi connectivity index (χ2v) is 7.13. The Morgan fingerprint density at radius 3 is 2.75 bits per heavy atom. The van der Waals surface area contributed by atoms with Crippen LogP contribution in [0.4, 0.5) is 0 Å². The zero-order valence-electron chi connectivity index (χ0n) is 16.8. The van der Waals surface area contributed by atoms with E-state index in [4.69, 9.17) is 9.94 Å². The van der Waals surface area contributed by atoms with Crippen LogP contribution in [-0.4, -0.2) is 32.2 Å². The lowest BCUT2D eigenvalue weighted by molar-refractivity contribution is 0.103. The fourth-order valence-electron chi connectivity index (χ4n) is 3.58. The van der Waals surface area contributed by atoms with E-state index in [1.54, 1.807) is 12.1 Å². The highest BCUT2D eigenvalue weighted by Crippen LogP contribution is 2.31. The fourth-order valence-corrected chi connectivity index (χ4v) is 3.58. The SMILES string of the molecule is O=C(c1ccccc1)c1cnc(-c2cccc(Oc3ccc4[nH]ccc4c3/C=N\O)c2)[nH]1. The lowest BCUT2D eigenvalue weighted by atomic mass is 10.1. The van der Waals surface area contributed by atoms with Crippen molar-refractivity contribution < 1.29 is 14.7 Å². The Kier molecular flexibility index (Phi) is 4.97. The molecule has 5 rings (SSSR count). The molecule has 0 spiro atoms. The third kappa shape index (κ3) is 3.63. The summed E-state index contributed by atoms with van der Waals surface area (Å²) in [6.07, 6.45) is 4.70. The number of carbonyl (C=O) groups is 1. The molecule has 0 saturated carbocycles. The van der Waals surface area contributed by atoms with Crippen molar-refractivity contribution in [1.82, 2.24) is 15.0 Å². The minimum atomic E-state index is -0.121. The van der Waals surface area contributed by atoms with Crippen molar-refractivity contribution in [3.8, 4) is 22.9 Å². The lowest BCUT2D eigenvalue weighted by Gasteiger charge is -2.10. The average Bonchev–Trinajstić information content (AvgIpc) is 3.51. The minimum Gasteiger partial charge on any atom is -0.457 e. The molecule has 0 saturated heterocycles. The van der Waals surface area contributed by atoms with Gasteiger partial charge in [0.1, 0.15) is 23.0 Å². The molecule has 5 aromatic rings. The Morgan fingerprint density at radius 1 is 1.03 bits per heavy atom. The van der Waals surface area contributed by atoms with E-state index in [2.05, 4.69) is 20.1 Å². The highest BCUT2D eigenvalue weighted by atomic mass is 16.5. The Labute approximate surface area is 183 Å². The highest BCUT2D eigenvalue weighted by Gasteiger charge is 2.14. The number of hydrogen-bond donors (Lipinski definition) is 3. The highest BCUT2D eigenvalue weighted by molar-refractivity contribution is 6.07. The van der Waals surface area contributed by atoms with E-state index in [1.807, 2.05) is 66.9 Å². The Balaban J connectivity index is 1.44. The molecule has 0 aliphatic rings. The average molecular weight is 422 g/mol. The Bertz CT molecular complexity index is 1430. The van der Waals surface area contributed by atoms with Crippen molar-refractivity contribution in [3.63, 3.8) is 0 Å². The van der Waals surface area contributed by atoms with Crippen LogP contribution in [0.3, 0.4) is 0 Å². The molecule has 0 atom stereocenters. The molecule has 0 aliphatic carbocycles. The molecular formula is C25H18N4O3. The number of H-pyrrole nitrogens is 2. The zero-order valence-corrected chi connectivity index (χ0v) is 16.8. The first-order chi connectivity index (χ1) is 15.7. The van der Waals surface area contributed by atoms with E-state index < -0.39 is 0 Å². The summed E-state index contributed by atoms with van der Waals surface area (Å²) in [4.78, 5) is 23.2. The molecule has 32 heavy (non-hydrogen) atoms. The first-order valence-corrected chi connectivity index (χ1v) is 9.93. The molecule has 7 nitrogen and oxygen atoms in total. The maximum atomic E-state index is 12.7. The summed E-state index contributed by atoms with van der Waals surface area (Å²) in [5.74, 6) is 1.57. The van der Waals surface area contributed by atoms with Gasteiger partial charge in [-0.25, -0.2) is 4.98 Å². The molecule has 0 aliphatic heterocycles. The van der Waals surface area contributed by atoms with E-state index in [0.29, 0.717) is 34.1 Å². The second-order valence-electron chi connectivity index (χ2n) is 7.13. The number of ketones is 1. The van der Waals surface area contributed by atoms with Crippen LogP contribution >= 0.6 is 0 Å². The second kappa shape index (κ2) is 8.23. The summed E-state index contributed by atoms with van der Waals surface area (Å²) in [6.45, 7) is 0. The Hall–Kier alpha value is -4.65. The predicted molar refractivity (Wildman–Crippen MR) is 122 cm³/mol. The number of fused-ring (bicyclic) bond motifs is 1. The van der Waals surface area contributed by atoms with Crippen LogP contribution < -0.4 is 4.74 Å². The number of nitrogens with zero attached hydrogens (tertiary/aromatic N) is 2. The predicted octanol–water partition coefficient (Wildman–Crippen LogP) is 5.39. The van der Waals surface area contributed by atoms with Gasteiger partial charge >= 0.3 is 0 Å². The van der Waals surface area contributed by atoms with Gasteiger partial charge in [-0.3, -0.25) is 4.79 Å². The number of ether oxygens (including phenoxy) is 1. The molecule has 0 bridgehead atoms. The third-order valence-electron chi connectivity index (χ3n) is 5.11. The number of rotatable bonds is 6. The van der Waals surface area contributed by atoms with Crippen LogP contribution in [0.25, 0.3) is 22.3 Å². The molecule has 2 heterocycles. The molecule has 3 N–H and O–H groups in total. The first kappa shape index (κ1) is 19.3. The molecule has 0 fully saturated rings. The van der Waals surface area contributed by atoms with Crippen LogP contribution in [-0.2, 0) is 0 Å². The number of hydrogen-bond acceptors (Lipinski definition) is 5. The van der Waals surface area contributed by atoms with Gasteiger partial charge in [0, 0.05) is 33.8 Å². The molecule has 156 valence electrons. The summed E-state index contributed by atoms with van der Waals surface area (Å²) in [7, 11) is 0. The summed E-state index contributed by atoms with van der Waals surface area (Å²) >= 11 is 0. The summed E-state index contributed by atoms with van der Waals surface area (Å²) < 4.78 is 6.10. The smallest absolute Gasteiger partial charge is 0.210 e. The molecule has 0 amide bonds. The van der Waals surface area contributed by atoms with Gasteiger partial charge in [-0.1, -0.05) is 47.6 Å². The topological polar surface area (TPSA) is 103 Å². The normalized spacial score (nSPS) is 11.2. The summed E-state index contributed by atoms with van der Waals surface area (Å²) in [5.41, 5.74) is 3.35. The van der Waals surface area contributed by atoms with Crippen LogP contribution in [0, 0.1) is 0 Å². The monoisotopic (exact) mass is 422 g/mol. The number of benzene rings is 3. The molecule has 0 unspecified atom stereocenters. The number of aromatic nitrogens is 3. The van der Waals surface area contributed by atoms with Crippen LogP contribution in [0.1, 0.15) is 21.6 Å². The number of nitrogens with one attached hydrogen (secondary N) is 2. The van der Waals surface area contributed by atoms with E-state index in [1.165, 1.54) is 12.4 Å². The van der Waals surface area contributed by atoms with Gasteiger partial charge in [0.2, 0.25) is 5.78 Å². The summed E-state index contributed by atoms with van der Waals surface area (Å²) in [5, 5.41) is 13.2. The quantitative estimate of drug-likeness (QED) is 0.148. The van der Waals surface area contributed by atoms with Gasteiger partial charge < -0.3 is 19.9 Å². The maximum absolute atomic E-state index is 12.7. The molecule has 0 radical (unpaired) electrons. The van der Waals surface area contributed by atoms with Gasteiger partial charge in [0.25, 0.3) is 0 Å². The standard InChI is InChI=1S/C25H18N4O3/c30-24(16-5-2-1-3-6-16)22-15-27-25(29-22)17-7-4-8-18(13-17)32-23-10-9-21-19(11-12-26-21)20(23)14-28-31/h1-15,26,31H,(H,27,29)/b28-14-. The summed E-state index contributed by atoms with van der Waals surface area (Å²) in [6, 6.07) is 22.0. The molecular weight excluding hydrogens is 404 g/mol. The number of imidazole rings is 1. The van der Waals surface area contributed by atoms with E-state index >= 15 is 0 Å². The number of carbonyl (C=O) groups excluding carboxylic acids is 1. The van der Waals surface area contributed by atoms with E-state index in [-0.39, 0.29) is 5.78 Å². The van der Waals surface area contributed by atoms with Gasteiger partial charge in [-0.15, -0.1) is 0 Å². The van der Waals surface area contributed by atoms with E-state index in [9.17, 15) is 4.79 Å². The van der Waals surface area contributed by atoms with Crippen molar-refractivity contribution in [2.75, 3.05) is 0 Å². The molecule has 2 aromatic heterocycles. The van der Waals surface area contributed by atoms with Crippen LogP contribution in [0.15, 0.2) is 90.3 Å². The fraction of sp³-hybridized carbons (Fsp3) is 0. The first-order valence-electron chi connectivity index (χ1n) is 9.93. The minimum absolute atomic E-state index is 0.121. The van der Waals surface area contributed by atoms with Crippen LogP contribution in [0.5, 0.6) is 11.5 Å². The largest absolute Gasteiger partial charge is 0.457 e. The van der Waals surface area contributed by atoms with Crippen molar-refractivity contribution in [1.29, 1.82) is 0 Å². The van der Waals surface area contributed by atoms with Gasteiger partial charge in [-0.05, 0) is 30.3 Å². The number of oxime groups is 1. The third-order valence-corrected chi connectivity index (χ3v) is 5.11. The van der Waals surface area contributed by atoms with Crippen molar-refractivity contribution in [3.05, 3.63) is 102 Å².